The van der Waals surface area contributed by atoms with Crippen molar-refractivity contribution in [1.82, 2.24) is 10.6 Å². The zero-order valence-electron chi connectivity index (χ0n) is 13.1. The van der Waals surface area contributed by atoms with E-state index in [2.05, 4.69) is 10.6 Å². The summed E-state index contributed by atoms with van der Waals surface area (Å²) in [5, 5.41) is 5.57. The van der Waals surface area contributed by atoms with Crippen molar-refractivity contribution >= 4 is 17.6 Å². The molecule has 2 aromatic rings. The first-order valence-corrected chi connectivity index (χ1v) is 7.81. The normalized spacial score (nSPS) is 13.7. The predicted octanol–water partition coefficient (Wildman–Crippen LogP) is 2.33. The molecular formula is C18H18FN3O2. The molecule has 1 aliphatic heterocycles. The lowest BCUT2D eigenvalue weighted by atomic mass is 10.1. The lowest BCUT2D eigenvalue weighted by molar-refractivity contribution is 0.0954. The average molecular weight is 327 g/mol. The highest BCUT2D eigenvalue weighted by Gasteiger charge is 2.21. The van der Waals surface area contributed by atoms with Gasteiger partial charge in [0.15, 0.2) is 0 Å². The fourth-order valence-corrected chi connectivity index (χ4v) is 2.58. The molecular weight excluding hydrogens is 309 g/mol. The molecule has 2 N–H and O–H groups in total. The minimum atomic E-state index is -0.269. The highest BCUT2D eigenvalue weighted by Crippen LogP contribution is 2.17. The van der Waals surface area contributed by atoms with Crippen molar-refractivity contribution < 1.29 is 14.0 Å². The smallest absolute Gasteiger partial charge is 0.321 e. The molecule has 3 amide bonds. The highest BCUT2D eigenvalue weighted by atomic mass is 19.1. The summed E-state index contributed by atoms with van der Waals surface area (Å²) in [6, 6.07) is 13.0. The molecule has 6 heteroatoms. The summed E-state index contributed by atoms with van der Waals surface area (Å²) < 4.78 is 12.8. The summed E-state index contributed by atoms with van der Waals surface area (Å²) in [5.41, 5.74) is 2.28. The number of benzene rings is 2. The number of amides is 3. The quantitative estimate of drug-likeness (QED) is 0.885. The van der Waals surface area contributed by atoms with E-state index in [0.29, 0.717) is 31.6 Å². The Morgan fingerprint density at radius 1 is 1.12 bits per heavy atom. The second-order valence-corrected chi connectivity index (χ2v) is 5.56. The summed E-state index contributed by atoms with van der Waals surface area (Å²) in [4.78, 5) is 25.4. The minimum Gasteiger partial charge on any atom is -0.352 e. The maximum atomic E-state index is 12.8. The molecule has 0 radical (unpaired) electrons. The standard InChI is InChI=1S/C18H18FN3O2/c19-15-5-1-13(2-6-15)9-10-20-17(23)14-3-7-16(8-4-14)22-12-11-21-18(22)24/h1-8H,9-12H2,(H,20,23)(H,21,24). The molecule has 2 aromatic carbocycles. The highest BCUT2D eigenvalue weighted by molar-refractivity contribution is 5.96. The van der Waals surface area contributed by atoms with Crippen LogP contribution in [0.4, 0.5) is 14.9 Å². The molecule has 1 aliphatic rings. The van der Waals surface area contributed by atoms with Gasteiger partial charge in [0, 0.05) is 30.9 Å². The van der Waals surface area contributed by atoms with E-state index < -0.39 is 0 Å². The molecule has 0 bridgehead atoms. The van der Waals surface area contributed by atoms with Gasteiger partial charge in [0.05, 0.1) is 0 Å². The minimum absolute atomic E-state index is 0.119. The van der Waals surface area contributed by atoms with E-state index in [1.165, 1.54) is 12.1 Å². The monoisotopic (exact) mass is 327 g/mol. The number of hydrogen-bond donors (Lipinski definition) is 2. The third-order valence-electron chi connectivity index (χ3n) is 3.91. The number of nitrogens with zero attached hydrogens (tertiary/aromatic N) is 1. The third kappa shape index (κ3) is 3.71. The number of rotatable bonds is 5. The molecule has 124 valence electrons. The van der Waals surface area contributed by atoms with Crippen LogP contribution in [0.15, 0.2) is 48.5 Å². The third-order valence-corrected chi connectivity index (χ3v) is 3.91. The average Bonchev–Trinajstić information content (AvgIpc) is 3.03. The number of urea groups is 1. The first kappa shape index (κ1) is 16.0. The van der Waals surface area contributed by atoms with E-state index in [1.807, 2.05) is 0 Å². The number of anilines is 1. The number of carbonyl (C=O) groups is 2. The van der Waals surface area contributed by atoms with Crippen LogP contribution >= 0.6 is 0 Å². The van der Waals surface area contributed by atoms with Gasteiger partial charge in [0.25, 0.3) is 5.91 Å². The molecule has 3 rings (SSSR count). The first-order valence-electron chi connectivity index (χ1n) is 7.81. The molecule has 5 nitrogen and oxygen atoms in total. The van der Waals surface area contributed by atoms with Crippen LogP contribution in [0.2, 0.25) is 0 Å². The van der Waals surface area contributed by atoms with Crippen LogP contribution in [-0.2, 0) is 6.42 Å². The Balaban J connectivity index is 1.53. The van der Waals surface area contributed by atoms with Crippen molar-refractivity contribution in [1.29, 1.82) is 0 Å². The van der Waals surface area contributed by atoms with Gasteiger partial charge in [-0.05, 0) is 48.4 Å². The Morgan fingerprint density at radius 2 is 1.83 bits per heavy atom. The molecule has 0 aromatic heterocycles. The second kappa shape index (κ2) is 7.12. The van der Waals surface area contributed by atoms with E-state index in [9.17, 15) is 14.0 Å². The zero-order valence-corrected chi connectivity index (χ0v) is 13.1. The molecule has 24 heavy (non-hydrogen) atoms. The van der Waals surface area contributed by atoms with Crippen molar-refractivity contribution in [2.75, 3.05) is 24.5 Å². The molecule has 0 saturated carbocycles. The molecule has 0 spiro atoms. The summed E-state index contributed by atoms with van der Waals surface area (Å²) in [5.74, 6) is -0.441. The number of halogens is 1. The molecule has 1 fully saturated rings. The number of carbonyl (C=O) groups excluding carboxylic acids is 2. The predicted molar refractivity (Wildman–Crippen MR) is 89.6 cm³/mol. The Bertz CT molecular complexity index is 729. The summed E-state index contributed by atoms with van der Waals surface area (Å²) in [7, 11) is 0. The largest absolute Gasteiger partial charge is 0.352 e. The van der Waals surface area contributed by atoms with Gasteiger partial charge >= 0.3 is 6.03 Å². The van der Waals surface area contributed by atoms with Gasteiger partial charge in [0.2, 0.25) is 0 Å². The van der Waals surface area contributed by atoms with Crippen LogP contribution in [0.3, 0.4) is 0 Å². The van der Waals surface area contributed by atoms with Gasteiger partial charge in [-0.25, -0.2) is 9.18 Å². The molecule has 0 aliphatic carbocycles. The van der Waals surface area contributed by atoms with Crippen LogP contribution in [0, 0.1) is 5.82 Å². The van der Waals surface area contributed by atoms with E-state index >= 15 is 0 Å². The van der Waals surface area contributed by atoms with Gasteiger partial charge < -0.3 is 10.6 Å². The maximum absolute atomic E-state index is 12.8. The van der Waals surface area contributed by atoms with E-state index in [-0.39, 0.29) is 17.8 Å². The first-order chi connectivity index (χ1) is 11.6. The van der Waals surface area contributed by atoms with Crippen molar-refractivity contribution in [2.45, 2.75) is 6.42 Å². The lowest BCUT2D eigenvalue weighted by Gasteiger charge is -2.14. The Morgan fingerprint density at radius 3 is 2.46 bits per heavy atom. The van der Waals surface area contributed by atoms with Crippen LogP contribution < -0.4 is 15.5 Å². The van der Waals surface area contributed by atoms with Crippen molar-refractivity contribution in [3.8, 4) is 0 Å². The van der Waals surface area contributed by atoms with E-state index in [4.69, 9.17) is 0 Å². The van der Waals surface area contributed by atoms with Crippen LogP contribution in [0.1, 0.15) is 15.9 Å². The zero-order chi connectivity index (χ0) is 16.9. The number of hydrogen-bond acceptors (Lipinski definition) is 2. The fraction of sp³-hybridized carbons (Fsp3) is 0.222. The topological polar surface area (TPSA) is 61.4 Å². The van der Waals surface area contributed by atoms with Crippen LogP contribution in [0.5, 0.6) is 0 Å². The van der Waals surface area contributed by atoms with Gasteiger partial charge in [-0.2, -0.15) is 0 Å². The Kier molecular flexibility index (Phi) is 4.74. The Hall–Kier alpha value is -2.89. The van der Waals surface area contributed by atoms with Crippen LogP contribution in [0.25, 0.3) is 0 Å². The van der Waals surface area contributed by atoms with Gasteiger partial charge in [-0.3, -0.25) is 9.69 Å². The fourth-order valence-electron chi connectivity index (χ4n) is 2.58. The lowest BCUT2D eigenvalue weighted by Crippen LogP contribution is -2.28. The number of nitrogens with one attached hydrogen (secondary N) is 2. The summed E-state index contributed by atoms with van der Waals surface area (Å²) in [6.07, 6.45) is 0.637. The van der Waals surface area contributed by atoms with Gasteiger partial charge in [-0.1, -0.05) is 12.1 Å². The SMILES string of the molecule is O=C(NCCc1ccc(F)cc1)c1ccc(N2CCNC2=O)cc1. The van der Waals surface area contributed by atoms with E-state index in [0.717, 1.165) is 11.3 Å². The van der Waals surface area contributed by atoms with Gasteiger partial charge in [-0.15, -0.1) is 0 Å². The van der Waals surface area contributed by atoms with Crippen molar-refractivity contribution in [3.63, 3.8) is 0 Å². The Labute approximate surface area is 139 Å². The second-order valence-electron chi connectivity index (χ2n) is 5.56. The maximum Gasteiger partial charge on any atom is 0.321 e. The summed E-state index contributed by atoms with van der Waals surface area (Å²) in [6.45, 7) is 1.73. The van der Waals surface area contributed by atoms with Crippen molar-refractivity contribution in [2.24, 2.45) is 0 Å². The molecule has 0 unspecified atom stereocenters. The molecule has 1 saturated heterocycles. The molecule has 0 atom stereocenters. The van der Waals surface area contributed by atoms with E-state index in [1.54, 1.807) is 41.3 Å². The van der Waals surface area contributed by atoms with Crippen LogP contribution in [-0.4, -0.2) is 31.6 Å². The van der Waals surface area contributed by atoms with Gasteiger partial charge in [0.1, 0.15) is 5.82 Å². The molecule has 1 heterocycles. The van der Waals surface area contributed by atoms with Crippen molar-refractivity contribution in [3.05, 3.63) is 65.5 Å². The summed E-state index contributed by atoms with van der Waals surface area (Å²) >= 11 is 0.